The second kappa shape index (κ2) is 12.3. The van der Waals surface area contributed by atoms with E-state index in [9.17, 15) is 0 Å². The summed E-state index contributed by atoms with van der Waals surface area (Å²) in [6.45, 7) is 4.56. The molecule has 0 aliphatic carbocycles. The molecule has 0 aromatic heterocycles. The van der Waals surface area contributed by atoms with Gasteiger partial charge in [0.2, 0.25) is 0 Å². The van der Waals surface area contributed by atoms with Gasteiger partial charge >= 0.3 is 0 Å². The molecule has 2 aliphatic heterocycles. The lowest BCUT2D eigenvalue weighted by molar-refractivity contribution is 0.302. The molecule has 0 spiro atoms. The Morgan fingerprint density at radius 2 is 0.941 bits per heavy atom. The minimum Gasteiger partial charge on any atom is -0.489 e. The second-order valence-electron chi connectivity index (χ2n) is 7.76. The van der Waals surface area contributed by atoms with E-state index in [0.29, 0.717) is 13.2 Å². The zero-order valence-corrected chi connectivity index (χ0v) is 20.3. The van der Waals surface area contributed by atoms with Crippen molar-refractivity contribution in [3.8, 4) is 11.5 Å². The van der Waals surface area contributed by atoms with Gasteiger partial charge in [0.15, 0.2) is 0 Å². The third-order valence-electron chi connectivity index (χ3n) is 5.44. The standard InChI is InChI=1S/C26H26N4O2.2ClH/c1-2-20(18-32-24-11-7-22(8-12-24)26-29-15-16-30-26)4-3-19(1)17-31-23-9-5-21(6-10-23)25-27-13-14-28-25;;/h1-12H,13-18H2,(H,27,28)(H,29,30);2*1H. The first-order valence-corrected chi connectivity index (χ1v) is 10.9. The lowest BCUT2D eigenvalue weighted by atomic mass is 10.1. The highest BCUT2D eigenvalue weighted by Crippen LogP contribution is 2.17. The SMILES string of the molecule is Cl.Cl.c1cc(COc2ccc(C3=NCCN3)cc2)ccc1COc1ccc(C2=NCCN2)cc1. The van der Waals surface area contributed by atoms with Crippen LogP contribution in [-0.4, -0.2) is 37.9 Å². The fourth-order valence-electron chi connectivity index (χ4n) is 3.67. The monoisotopic (exact) mass is 498 g/mol. The maximum absolute atomic E-state index is 5.93. The average Bonchev–Trinajstić information content (AvgIpc) is 3.58. The molecule has 3 aromatic carbocycles. The van der Waals surface area contributed by atoms with E-state index in [-0.39, 0.29) is 24.8 Å². The van der Waals surface area contributed by atoms with Gasteiger partial charge < -0.3 is 20.1 Å². The summed E-state index contributed by atoms with van der Waals surface area (Å²) in [6, 6.07) is 24.4. The molecule has 0 fully saturated rings. The van der Waals surface area contributed by atoms with Crippen LogP contribution in [0.5, 0.6) is 11.5 Å². The van der Waals surface area contributed by atoms with Crippen molar-refractivity contribution in [2.75, 3.05) is 26.2 Å². The van der Waals surface area contributed by atoms with Crippen LogP contribution in [-0.2, 0) is 13.2 Å². The highest BCUT2D eigenvalue weighted by Gasteiger charge is 2.09. The minimum absolute atomic E-state index is 0. The summed E-state index contributed by atoms with van der Waals surface area (Å²) < 4.78 is 11.9. The van der Waals surface area contributed by atoms with Gasteiger partial charge in [0.1, 0.15) is 36.4 Å². The van der Waals surface area contributed by atoms with E-state index < -0.39 is 0 Å². The highest BCUT2D eigenvalue weighted by molar-refractivity contribution is 6.00. The van der Waals surface area contributed by atoms with Gasteiger partial charge in [-0.1, -0.05) is 24.3 Å². The maximum Gasteiger partial charge on any atom is 0.128 e. The first kappa shape index (κ1) is 25.4. The summed E-state index contributed by atoms with van der Waals surface area (Å²) in [5.41, 5.74) is 4.43. The van der Waals surface area contributed by atoms with Crippen LogP contribution in [0.25, 0.3) is 0 Å². The predicted octanol–water partition coefficient (Wildman–Crippen LogP) is 4.39. The highest BCUT2D eigenvalue weighted by atomic mass is 35.5. The lowest BCUT2D eigenvalue weighted by Gasteiger charge is -2.10. The number of nitrogens with one attached hydrogen (secondary N) is 2. The molecule has 0 amide bonds. The van der Waals surface area contributed by atoms with E-state index >= 15 is 0 Å². The predicted molar refractivity (Wildman–Crippen MR) is 141 cm³/mol. The Morgan fingerprint density at radius 3 is 1.26 bits per heavy atom. The van der Waals surface area contributed by atoms with Crippen molar-refractivity contribution < 1.29 is 9.47 Å². The molecule has 0 saturated carbocycles. The van der Waals surface area contributed by atoms with Crippen molar-refractivity contribution in [3.63, 3.8) is 0 Å². The van der Waals surface area contributed by atoms with Crippen molar-refractivity contribution in [3.05, 3.63) is 95.1 Å². The summed E-state index contributed by atoms with van der Waals surface area (Å²) in [5.74, 6) is 3.62. The molecule has 178 valence electrons. The molecule has 6 nitrogen and oxygen atoms in total. The van der Waals surface area contributed by atoms with E-state index in [1.807, 2.05) is 48.5 Å². The molecular formula is C26H28Cl2N4O2. The van der Waals surface area contributed by atoms with Gasteiger partial charge in [-0.25, -0.2) is 0 Å². The summed E-state index contributed by atoms with van der Waals surface area (Å²) >= 11 is 0. The topological polar surface area (TPSA) is 67.2 Å². The zero-order valence-electron chi connectivity index (χ0n) is 18.7. The van der Waals surface area contributed by atoms with Crippen LogP contribution in [0, 0.1) is 0 Å². The first-order chi connectivity index (χ1) is 15.8. The molecule has 0 radical (unpaired) electrons. The van der Waals surface area contributed by atoms with E-state index in [1.165, 1.54) is 0 Å². The van der Waals surface area contributed by atoms with Crippen LogP contribution in [0.4, 0.5) is 0 Å². The number of halogens is 2. The number of hydrogen-bond acceptors (Lipinski definition) is 6. The van der Waals surface area contributed by atoms with Crippen LogP contribution in [0.1, 0.15) is 22.3 Å². The summed E-state index contributed by atoms with van der Waals surface area (Å²) in [7, 11) is 0. The number of amidine groups is 2. The van der Waals surface area contributed by atoms with Crippen molar-refractivity contribution in [1.29, 1.82) is 0 Å². The largest absolute Gasteiger partial charge is 0.489 e. The van der Waals surface area contributed by atoms with Crippen LogP contribution >= 0.6 is 24.8 Å². The number of nitrogens with zero attached hydrogens (tertiary/aromatic N) is 2. The summed E-state index contributed by atoms with van der Waals surface area (Å²) in [4.78, 5) is 8.88. The molecule has 0 unspecified atom stereocenters. The number of aliphatic imine (C=N–C) groups is 2. The van der Waals surface area contributed by atoms with E-state index in [0.717, 1.165) is 71.6 Å². The van der Waals surface area contributed by atoms with Crippen LogP contribution < -0.4 is 20.1 Å². The fraction of sp³-hybridized carbons (Fsp3) is 0.231. The number of ether oxygens (including phenoxy) is 2. The van der Waals surface area contributed by atoms with Gasteiger partial charge in [0, 0.05) is 24.2 Å². The van der Waals surface area contributed by atoms with Gasteiger partial charge in [0.25, 0.3) is 0 Å². The van der Waals surface area contributed by atoms with Gasteiger partial charge in [-0.3, -0.25) is 9.98 Å². The Morgan fingerprint density at radius 1 is 0.559 bits per heavy atom. The first-order valence-electron chi connectivity index (χ1n) is 10.9. The van der Waals surface area contributed by atoms with Crippen LogP contribution in [0.15, 0.2) is 82.8 Å². The van der Waals surface area contributed by atoms with E-state index in [4.69, 9.17) is 9.47 Å². The van der Waals surface area contributed by atoms with Crippen molar-refractivity contribution in [1.82, 2.24) is 10.6 Å². The quantitative estimate of drug-likeness (QED) is 0.483. The third-order valence-corrected chi connectivity index (χ3v) is 5.44. The van der Waals surface area contributed by atoms with Crippen LogP contribution in [0.3, 0.4) is 0 Å². The Kier molecular flexibility index (Phi) is 9.19. The number of hydrogen-bond donors (Lipinski definition) is 2. The molecule has 2 N–H and O–H groups in total. The minimum atomic E-state index is 0. The fourth-order valence-corrected chi connectivity index (χ4v) is 3.67. The zero-order chi connectivity index (χ0) is 21.6. The molecule has 8 heteroatoms. The third kappa shape index (κ3) is 6.43. The second-order valence-corrected chi connectivity index (χ2v) is 7.76. The number of benzene rings is 3. The Hall–Kier alpha value is -3.22. The number of rotatable bonds is 8. The van der Waals surface area contributed by atoms with Gasteiger partial charge in [0.05, 0.1) is 13.1 Å². The molecule has 0 atom stereocenters. The van der Waals surface area contributed by atoms with Gasteiger partial charge in [-0.15, -0.1) is 24.8 Å². The summed E-state index contributed by atoms with van der Waals surface area (Å²) in [5, 5.41) is 6.56. The normalized spacial score (nSPS) is 14.0. The van der Waals surface area contributed by atoms with E-state index in [2.05, 4.69) is 44.9 Å². The smallest absolute Gasteiger partial charge is 0.128 e. The molecule has 2 aliphatic rings. The molecule has 3 aromatic rings. The van der Waals surface area contributed by atoms with Crippen molar-refractivity contribution in [2.45, 2.75) is 13.2 Å². The van der Waals surface area contributed by atoms with Gasteiger partial charge in [-0.2, -0.15) is 0 Å². The Balaban J connectivity index is 0.00000162. The molecule has 5 rings (SSSR count). The molecule has 34 heavy (non-hydrogen) atoms. The molecule has 2 heterocycles. The summed E-state index contributed by atoms with van der Waals surface area (Å²) in [6.07, 6.45) is 0. The lowest BCUT2D eigenvalue weighted by Crippen LogP contribution is -2.19. The Bertz CT molecular complexity index is 1020. The molecular weight excluding hydrogens is 471 g/mol. The Labute approximate surface area is 212 Å². The van der Waals surface area contributed by atoms with Crippen molar-refractivity contribution in [2.24, 2.45) is 9.98 Å². The maximum atomic E-state index is 5.93. The average molecular weight is 499 g/mol. The van der Waals surface area contributed by atoms with Crippen LogP contribution in [0.2, 0.25) is 0 Å². The van der Waals surface area contributed by atoms with Gasteiger partial charge in [-0.05, 0) is 59.7 Å². The van der Waals surface area contributed by atoms with Crippen molar-refractivity contribution >= 4 is 36.5 Å². The van der Waals surface area contributed by atoms with E-state index in [1.54, 1.807) is 0 Å². The molecule has 0 saturated heterocycles. The molecule has 0 bridgehead atoms.